The summed E-state index contributed by atoms with van der Waals surface area (Å²) in [7, 11) is -3.43. The first-order valence-electron chi connectivity index (χ1n) is 6.43. The van der Waals surface area contributed by atoms with Gasteiger partial charge in [-0.3, -0.25) is 4.79 Å². The zero-order chi connectivity index (χ0) is 15.6. The standard InChI is InChI=1S/C13H18N2O5S/c1-9(2)15(21(3,17)18)7-13(16)14-10-4-5-11-12(6-10)20-8-19-11/h4-6,9H,7-8H2,1-3H3,(H,14,16). The maximum atomic E-state index is 12.0. The Kier molecular flexibility index (Phi) is 4.38. The average Bonchev–Trinajstić information content (AvgIpc) is 2.81. The topological polar surface area (TPSA) is 84.9 Å². The van der Waals surface area contributed by atoms with Crippen LogP contribution in [0.15, 0.2) is 18.2 Å². The van der Waals surface area contributed by atoms with Gasteiger partial charge in [0.15, 0.2) is 11.5 Å². The summed E-state index contributed by atoms with van der Waals surface area (Å²) in [5.74, 6) is 0.762. The van der Waals surface area contributed by atoms with Gasteiger partial charge in [-0.25, -0.2) is 8.42 Å². The molecule has 1 heterocycles. The van der Waals surface area contributed by atoms with Crippen molar-refractivity contribution in [2.45, 2.75) is 19.9 Å². The molecular formula is C13H18N2O5S. The lowest BCUT2D eigenvalue weighted by molar-refractivity contribution is -0.116. The second kappa shape index (κ2) is 5.90. The molecule has 0 radical (unpaired) electrons. The molecule has 0 saturated carbocycles. The molecule has 7 nitrogen and oxygen atoms in total. The van der Waals surface area contributed by atoms with Crippen LogP contribution in [0.3, 0.4) is 0 Å². The fourth-order valence-corrected chi connectivity index (χ4v) is 3.12. The highest BCUT2D eigenvalue weighted by molar-refractivity contribution is 7.88. The van der Waals surface area contributed by atoms with Gasteiger partial charge in [-0.2, -0.15) is 4.31 Å². The molecule has 0 atom stereocenters. The Bertz CT molecular complexity index is 642. The van der Waals surface area contributed by atoms with Gasteiger partial charge in [-0.15, -0.1) is 0 Å². The Labute approximate surface area is 123 Å². The predicted molar refractivity (Wildman–Crippen MR) is 77.9 cm³/mol. The van der Waals surface area contributed by atoms with Crippen molar-refractivity contribution in [3.63, 3.8) is 0 Å². The van der Waals surface area contributed by atoms with Crippen molar-refractivity contribution in [3.8, 4) is 11.5 Å². The van der Waals surface area contributed by atoms with Gasteiger partial charge in [-0.05, 0) is 26.0 Å². The molecule has 1 amide bonds. The smallest absolute Gasteiger partial charge is 0.239 e. The minimum Gasteiger partial charge on any atom is -0.454 e. The summed E-state index contributed by atoms with van der Waals surface area (Å²) in [6, 6.07) is 4.71. The van der Waals surface area contributed by atoms with Gasteiger partial charge >= 0.3 is 0 Å². The molecule has 0 bridgehead atoms. The summed E-state index contributed by atoms with van der Waals surface area (Å²) >= 11 is 0. The quantitative estimate of drug-likeness (QED) is 0.877. The third kappa shape index (κ3) is 3.85. The number of ether oxygens (including phenoxy) is 2. The van der Waals surface area contributed by atoms with E-state index in [9.17, 15) is 13.2 Å². The first kappa shape index (κ1) is 15.6. The van der Waals surface area contributed by atoms with E-state index in [4.69, 9.17) is 9.47 Å². The lowest BCUT2D eigenvalue weighted by atomic mass is 10.2. The van der Waals surface area contributed by atoms with Crippen molar-refractivity contribution in [2.24, 2.45) is 0 Å². The average molecular weight is 314 g/mol. The van der Waals surface area contributed by atoms with Crippen LogP contribution in [-0.4, -0.2) is 44.3 Å². The van der Waals surface area contributed by atoms with Crippen LogP contribution in [0.1, 0.15) is 13.8 Å². The summed E-state index contributed by atoms with van der Waals surface area (Å²) in [6.45, 7) is 3.36. The normalized spacial score (nSPS) is 13.8. The van der Waals surface area contributed by atoms with Gasteiger partial charge < -0.3 is 14.8 Å². The van der Waals surface area contributed by atoms with E-state index in [2.05, 4.69) is 5.32 Å². The molecule has 0 fully saturated rings. The largest absolute Gasteiger partial charge is 0.454 e. The van der Waals surface area contributed by atoms with Crippen LogP contribution in [-0.2, 0) is 14.8 Å². The molecule has 8 heteroatoms. The van der Waals surface area contributed by atoms with Gasteiger partial charge in [0.1, 0.15) is 0 Å². The van der Waals surface area contributed by atoms with Crippen LogP contribution in [0, 0.1) is 0 Å². The molecule has 1 aromatic carbocycles. The molecule has 1 aromatic rings. The Morgan fingerprint density at radius 3 is 2.62 bits per heavy atom. The molecule has 1 aliphatic rings. The lowest BCUT2D eigenvalue weighted by Crippen LogP contribution is -2.41. The number of hydrogen-bond donors (Lipinski definition) is 1. The molecule has 0 aliphatic carbocycles. The van der Waals surface area contributed by atoms with Crippen LogP contribution in [0.5, 0.6) is 11.5 Å². The van der Waals surface area contributed by atoms with Crippen molar-refractivity contribution < 1.29 is 22.7 Å². The first-order chi connectivity index (χ1) is 9.77. The molecule has 1 aliphatic heterocycles. The Balaban J connectivity index is 2.04. The van der Waals surface area contributed by atoms with E-state index in [0.29, 0.717) is 17.2 Å². The van der Waals surface area contributed by atoms with Crippen LogP contribution >= 0.6 is 0 Å². The Morgan fingerprint density at radius 2 is 2.00 bits per heavy atom. The van der Waals surface area contributed by atoms with Gasteiger partial charge in [-0.1, -0.05) is 0 Å². The molecule has 21 heavy (non-hydrogen) atoms. The van der Waals surface area contributed by atoms with Crippen molar-refractivity contribution in [2.75, 3.05) is 24.9 Å². The molecule has 0 saturated heterocycles. The lowest BCUT2D eigenvalue weighted by Gasteiger charge is -2.23. The fraction of sp³-hybridized carbons (Fsp3) is 0.462. The van der Waals surface area contributed by atoms with Crippen LogP contribution in [0.25, 0.3) is 0 Å². The number of rotatable bonds is 5. The second-order valence-corrected chi connectivity index (χ2v) is 6.95. The summed E-state index contributed by atoms with van der Waals surface area (Å²) in [6.07, 6.45) is 1.08. The van der Waals surface area contributed by atoms with Gasteiger partial charge in [0, 0.05) is 17.8 Å². The van der Waals surface area contributed by atoms with Crippen LogP contribution in [0.4, 0.5) is 5.69 Å². The molecular weight excluding hydrogens is 296 g/mol. The van der Waals surface area contributed by atoms with E-state index >= 15 is 0 Å². The predicted octanol–water partition coefficient (Wildman–Crippen LogP) is 1.02. The minimum atomic E-state index is -3.43. The Hall–Kier alpha value is -1.80. The van der Waals surface area contributed by atoms with E-state index < -0.39 is 15.9 Å². The molecule has 116 valence electrons. The Morgan fingerprint density at radius 1 is 1.33 bits per heavy atom. The highest BCUT2D eigenvalue weighted by atomic mass is 32.2. The number of carbonyl (C=O) groups excluding carboxylic acids is 1. The zero-order valence-corrected chi connectivity index (χ0v) is 12.9. The molecule has 0 spiro atoms. The van der Waals surface area contributed by atoms with Crippen LogP contribution < -0.4 is 14.8 Å². The van der Waals surface area contributed by atoms with E-state index in [0.717, 1.165) is 10.6 Å². The third-order valence-corrected chi connectivity index (χ3v) is 4.36. The maximum absolute atomic E-state index is 12.0. The van der Waals surface area contributed by atoms with Crippen LogP contribution in [0.2, 0.25) is 0 Å². The number of hydrogen-bond acceptors (Lipinski definition) is 5. The number of fused-ring (bicyclic) bond motifs is 1. The van der Waals surface area contributed by atoms with Crippen molar-refractivity contribution in [3.05, 3.63) is 18.2 Å². The molecule has 0 unspecified atom stereocenters. The molecule has 2 rings (SSSR count). The number of nitrogens with zero attached hydrogens (tertiary/aromatic N) is 1. The number of carbonyl (C=O) groups is 1. The summed E-state index contributed by atoms with van der Waals surface area (Å²) in [5, 5.41) is 2.65. The third-order valence-electron chi connectivity index (χ3n) is 2.96. The minimum absolute atomic E-state index is 0.155. The fourth-order valence-electron chi connectivity index (χ4n) is 2.00. The molecule has 0 aromatic heterocycles. The summed E-state index contributed by atoms with van der Waals surface area (Å²) in [5.41, 5.74) is 0.529. The van der Waals surface area contributed by atoms with E-state index in [1.165, 1.54) is 0 Å². The summed E-state index contributed by atoms with van der Waals surface area (Å²) in [4.78, 5) is 12.0. The maximum Gasteiger partial charge on any atom is 0.239 e. The summed E-state index contributed by atoms with van der Waals surface area (Å²) < 4.78 is 34.8. The SMILES string of the molecule is CC(C)N(CC(=O)Nc1ccc2c(c1)OCO2)S(C)(=O)=O. The highest BCUT2D eigenvalue weighted by Gasteiger charge is 2.23. The van der Waals surface area contributed by atoms with Gasteiger partial charge in [0.2, 0.25) is 22.7 Å². The number of anilines is 1. The zero-order valence-electron chi connectivity index (χ0n) is 12.1. The number of nitrogens with one attached hydrogen (secondary N) is 1. The van der Waals surface area contributed by atoms with E-state index in [-0.39, 0.29) is 19.4 Å². The van der Waals surface area contributed by atoms with E-state index in [1.54, 1.807) is 32.0 Å². The number of amides is 1. The van der Waals surface area contributed by atoms with Crippen molar-refractivity contribution >= 4 is 21.6 Å². The number of sulfonamides is 1. The van der Waals surface area contributed by atoms with Crippen molar-refractivity contribution in [1.29, 1.82) is 0 Å². The first-order valence-corrected chi connectivity index (χ1v) is 8.28. The monoisotopic (exact) mass is 314 g/mol. The second-order valence-electron chi connectivity index (χ2n) is 5.02. The van der Waals surface area contributed by atoms with E-state index in [1.807, 2.05) is 0 Å². The van der Waals surface area contributed by atoms with Gasteiger partial charge in [0.05, 0.1) is 12.8 Å². The number of benzene rings is 1. The highest BCUT2D eigenvalue weighted by Crippen LogP contribution is 2.34. The van der Waals surface area contributed by atoms with Crippen molar-refractivity contribution in [1.82, 2.24) is 4.31 Å². The molecule has 1 N–H and O–H groups in total. The van der Waals surface area contributed by atoms with Gasteiger partial charge in [0.25, 0.3) is 0 Å².